The molecular formula is C30H29ClF4N4O3. The molecule has 1 amide bonds. The van der Waals surface area contributed by atoms with Gasteiger partial charge in [0.15, 0.2) is 11.6 Å². The number of hydrogen-bond donors (Lipinski definition) is 2. The van der Waals surface area contributed by atoms with Crippen molar-refractivity contribution >= 4 is 23.2 Å². The third kappa shape index (κ3) is 6.08. The Hall–Kier alpha value is -3.67. The Morgan fingerprint density at radius 3 is 2.64 bits per heavy atom. The second kappa shape index (κ2) is 11.9. The molecule has 0 radical (unpaired) electrons. The van der Waals surface area contributed by atoms with Gasteiger partial charge in [0.25, 0.3) is 5.91 Å². The molecular weight excluding hydrogens is 576 g/mol. The number of ether oxygens (including phenoxy) is 1. The minimum atomic E-state index is -4.61. The summed E-state index contributed by atoms with van der Waals surface area (Å²) in [6.45, 7) is 2.23. The van der Waals surface area contributed by atoms with E-state index in [4.69, 9.17) is 16.3 Å². The summed E-state index contributed by atoms with van der Waals surface area (Å²) in [4.78, 5) is 20.4. The van der Waals surface area contributed by atoms with E-state index in [2.05, 4.69) is 10.3 Å². The van der Waals surface area contributed by atoms with Crippen molar-refractivity contribution in [1.82, 2.24) is 19.6 Å². The second-order valence-electron chi connectivity index (χ2n) is 10.4. The van der Waals surface area contributed by atoms with Crippen molar-refractivity contribution in [3.8, 4) is 17.1 Å². The average Bonchev–Trinajstić information content (AvgIpc) is 3.54. The molecule has 1 saturated heterocycles. The number of benzene rings is 2. The summed E-state index contributed by atoms with van der Waals surface area (Å²) < 4.78 is 61.4. The minimum absolute atomic E-state index is 0.0428. The van der Waals surface area contributed by atoms with Gasteiger partial charge in [-0.25, -0.2) is 9.37 Å². The van der Waals surface area contributed by atoms with Crippen molar-refractivity contribution in [2.75, 3.05) is 20.2 Å². The number of aryl methyl sites for hydroxylation is 1. The van der Waals surface area contributed by atoms with Crippen LogP contribution in [-0.2, 0) is 12.7 Å². The zero-order valence-electron chi connectivity index (χ0n) is 22.9. The first-order valence-corrected chi connectivity index (χ1v) is 13.7. The molecule has 1 fully saturated rings. The molecule has 42 heavy (non-hydrogen) atoms. The lowest BCUT2D eigenvalue weighted by Crippen LogP contribution is -2.35. The minimum Gasteiger partial charge on any atom is -0.482 e. The van der Waals surface area contributed by atoms with Gasteiger partial charge in [-0.15, -0.1) is 0 Å². The number of hydrogen-bond acceptors (Lipinski definition) is 5. The van der Waals surface area contributed by atoms with Crippen molar-refractivity contribution < 1.29 is 32.2 Å². The van der Waals surface area contributed by atoms with Gasteiger partial charge in [-0.3, -0.25) is 9.20 Å². The zero-order chi connectivity index (χ0) is 30.2. The summed E-state index contributed by atoms with van der Waals surface area (Å²) in [6.07, 6.45) is -4.11. The number of halogens is 5. The van der Waals surface area contributed by atoms with E-state index in [-0.39, 0.29) is 24.8 Å². The fraction of sp³-hybridized carbons (Fsp3) is 0.333. The topological polar surface area (TPSA) is 79.1 Å². The molecule has 1 aliphatic heterocycles. The first-order chi connectivity index (χ1) is 20.0. The molecule has 5 rings (SSSR count). The van der Waals surface area contributed by atoms with Crippen molar-refractivity contribution in [2.24, 2.45) is 0 Å². The Labute approximate surface area is 244 Å². The standard InChI is InChI=1S/C30H29ClF4N4O3/c1-17-12-19(7-9-24(17)32)28-27(37-25-4-3-5-26(42-2)39(25)28)29(41)38(11-10-20-14-21(40)15-36-20)16-18-6-8-22(23(31)13-18)30(33,34)35/h3-9,12-13,20-21,36,40H,10-11,14-16H2,1-2H3/t20-,21-/m1/s1. The molecule has 7 nitrogen and oxygen atoms in total. The van der Waals surface area contributed by atoms with E-state index >= 15 is 0 Å². The predicted octanol–water partition coefficient (Wildman–Crippen LogP) is 5.88. The molecule has 12 heteroatoms. The number of β-amino-alcohol motifs (C(OH)–C–C–N with tert-alkyl or cyclic N) is 1. The summed E-state index contributed by atoms with van der Waals surface area (Å²) in [7, 11) is 1.49. The van der Waals surface area contributed by atoms with E-state index in [1.54, 1.807) is 41.7 Å². The summed E-state index contributed by atoms with van der Waals surface area (Å²) >= 11 is 5.99. The molecule has 4 aromatic rings. The summed E-state index contributed by atoms with van der Waals surface area (Å²) in [5.74, 6) is -0.479. The van der Waals surface area contributed by atoms with E-state index in [0.717, 1.165) is 6.07 Å². The number of rotatable bonds is 8. The Morgan fingerprint density at radius 1 is 1.21 bits per heavy atom. The molecule has 0 saturated carbocycles. The van der Waals surface area contributed by atoms with E-state index in [1.807, 2.05) is 0 Å². The number of alkyl halides is 3. The number of carbonyl (C=O) groups is 1. The Balaban J connectivity index is 1.58. The third-order valence-corrected chi connectivity index (χ3v) is 7.71. The number of imidazole rings is 1. The number of aliphatic hydroxyl groups excluding tert-OH is 1. The molecule has 222 valence electrons. The van der Waals surface area contributed by atoms with Gasteiger partial charge in [0.05, 0.1) is 29.5 Å². The normalized spacial score (nSPS) is 17.1. The first kappa shape index (κ1) is 29.8. The number of aliphatic hydroxyl groups is 1. The van der Waals surface area contributed by atoms with Crippen molar-refractivity contribution in [3.63, 3.8) is 0 Å². The van der Waals surface area contributed by atoms with Crippen LogP contribution in [0.1, 0.15) is 40.0 Å². The number of aromatic nitrogens is 2. The van der Waals surface area contributed by atoms with Gasteiger partial charge in [0, 0.05) is 31.2 Å². The van der Waals surface area contributed by atoms with Crippen LogP contribution in [0.4, 0.5) is 17.6 Å². The van der Waals surface area contributed by atoms with Crippen LogP contribution < -0.4 is 10.1 Å². The average molecular weight is 605 g/mol. The van der Waals surface area contributed by atoms with Crippen LogP contribution >= 0.6 is 11.6 Å². The molecule has 0 spiro atoms. The lowest BCUT2D eigenvalue weighted by atomic mass is 10.0. The highest BCUT2D eigenvalue weighted by Gasteiger charge is 2.34. The van der Waals surface area contributed by atoms with E-state index in [0.29, 0.717) is 53.3 Å². The molecule has 2 aromatic heterocycles. The van der Waals surface area contributed by atoms with E-state index < -0.39 is 34.6 Å². The maximum Gasteiger partial charge on any atom is 0.417 e. The fourth-order valence-electron chi connectivity index (χ4n) is 5.27. The van der Waals surface area contributed by atoms with Crippen molar-refractivity contribution in [1.29, 1.82) is 0 Å². The van der Waals surface area contributed by atoms with Crippen LogP contribution in [0.25, 0.3) is 16.9 Å². The Bertz CT molecular complexity index is 1620. The lowest BCUT2D eigenvalue weighted by molar-refractivity contribution is -0.137. The molecule has 0 unspecified atom stereocenters. The number of amides is 1. The molecule has 2 N–H and O–H groups in total. The Kier molecular flexibility index (Phi) is 8.45. The van der Waals surface area contributed by atoms with Gasteiger partial charge in [-0.2, -0.15) is 13.2 Å². The summed E-state index contributed by atoms with van der Waals surface area (Å²) in [5, 5.41) is 12.7. The molecule has 0 bridgehead atoms. The van der Waals surface area contributed by atoms with E-state index in [9.17, 15) is 27.5 Å². The van der Waals surface area contributed by atoms with Crippen LogP contribution in [0.5, 0.6) is 5.88 Å². The largest absolute Gasteiger partial charge is 0.482 e. The fourth-order valence-corrected chi connectivity index (χ4v) is 5.58. The molecule has 0 aliphatic carbocycles. The highest BCUT2D eigenvalue weighted by atomic mass is 35.5. The van der Waals surface area contributed by atoms with Gasteiger partial charge in [-0.1, -0.05) is 23.7 Å². The number of nitrogens with zero attached hydrogens (tertiary/aromatic N) is 3. The highest BCUT2D eigenvalue weighted by Crippen LogP contribution is 2.36. The van der Waals surface area contributed by atoms with Crippen LogP contribution in [-0.4, -0.2) is 57.6 Å². The van der Waals surface area contributed by atoms with Crippen molar-refractivity contribution in [2.45, 2.75) is 44.6 Å². The number of fused-ring (bicyclic) bond motifs is 1. The number of pyridine rings is 1. The third-order valence-electron chi connectivity index (χ3n) is 7.40. The maximum absolute atomic E-state index is 14.3. The van der Waals surface area contributed by atoms with Gasteiger partial charge in [0.2, 0.25) is 0 Å². The maximum atomic E-state index is 14.3. The lowest BCUT2D eigenvalue weighted by Gasteiger charge is -2.25. The van der Waals surface area contributed by atoms with Gasteiger partial charge < -0.3 is 20.1 Å². The number of methoxy groups -OCH3 is 1. The monoisotopic (exact) mass is 604 g/mol. The van der Waals surface area contributed by atoms with Crippen LogP contribution in [0.2, 0.25) is 5.02 Å². The quantitative estimate of drug-likeness (QED) is 0.246. The van der Waals surface area contributed by atoms with Gasteiger partial charge >= 0.3 is 6.18 Å². The Morgan fingerprint density at radius 2 is 2.00 bits per heavy atom. The SMILES string of the molecule is COc1cccc2nc(C(=O)N(CC[C@@H]3C[C@@H](O)CN3)Cc3ccc(C(F)(F)F)c(Cl)c3)c(-c3ccc(F)c(C)c3)n12. The van der Waals surface area contributed by atoms with Crippen molar-refractivity contribution in [3.05, 3.63) is 87.8 Å². The second-order valence-corrected chi connectivity index (χ2v) is 10.8. The van der Waals surface area contributed by atoms with Crippen LogP contribution in [0, 0.1) is 12.7 Å². The zero-order valence-corrected chi connectivity index (χ0v) is 23.6. The molecule has 3 heterocycles. The van der Waals surface area contributed by atoms with Crippen LogP contribution in [0.15, 0.2) is 54.6 Å². The molecule has 2 aromatic carbocycles. The highest BCUT2D eigenvalue weighted by molar-refractivity contribution is 6.31. The summed E-state index contributed by atoms with van der Waals surface area (Å²) in [6, 6.07) is 13.0. The number of nitrogens with one attached hydrogen (secondary N) is 1. The first-order valence-electron chi connectivity index (χ1n) is 13.3. The van der Waals surface area contributed by atoms with E-state index in [1.165, 1.54) is 30.2 Å². The van der Waals surface area contributed by atoms with Gasteiger partial charge in [0.1, 0.15) is 11.5 Å². The smallest absolute Gasteiger partial charge is 0.417 e. The predicted molar refractivity (Wildman–Crippen MR) is 150 cm³/mol. The molecule has 1 aliphatic rings. The molecule has 2 atom stereocenters. The van der Waals surface area contributed by atoms with Gasteiger partial charge in [-0.05, 0) is 73.4 Å². The summed E-state index contributed by atoms with van der Waals surface area (Å²) in [5.41, 5.74) is 1.24. The van der Waals surface area contributed by atoms with Crippen LogP contribution in [0.3, 0.4) is 0 Å². The number of carbonyl (C=O) groups excluding carboxylic acids is 1.